The summed E-state index contributed by atoms with van der Waals surface area (Å²) in [5, 5.41) is 0. The third kappa shape index (κ3) is 0.796. The van der Waals surface area contributed by atoms with E-state index in [0.29, 0.717) is 40.9 Å². The summed E-state index contributed by atoms with van der Waals surface area (Å²) in [5.74, 6) is 3.50. The quantitative estimate of drug-likeness (QED) is 0.695. The Hall–Kier alpha value is -1.06. The molecular weight excluding hydrogens is 244 g/mol. The zero-order valence-corrected chi connectivity index (χ0v) is 11.3. The number of carbonyl (C=O) groups is 2. The molecule has 6 fully saturated rings. The fourth-order valence-electron chi connectivity index (χ4n) is 7.30. The molecule has 0 aliphatic heterocycles. The fourth-order valence-corrected chi connectivity index (χ4v) is 7.30. The molecule has 6 rings (SSSR count). The normalized spacial score (nSPS) is 64.7. The summed E-state index contributed by atoms with van der Waals surface area (Å²) in [6, 6.07) is 0. The lowest BCUT2D eigenvalue weighted by Gasteiger charge is -2.44. The van der Waals surface area contributed by atoms with Crippen LogP contribution in [-0.2, 0) is 19.1 Å². The zero-order valence-electron chi connectivity index (χ0n) is 11.3. The van der Waals surface area contributed by atoms with Gasteiger partial charge in [-0.1, -0.05) is 6.92 Å². The van der Waals surface area contributed by atoms with Crippen molar-refractivity contribution in [1.29, 1.82) is 0 Å². The van der Waals surface area contributed by atoms with Gasteiger partial charge in [-0.15, -0.1) is 0 Å². The predicted molar refractivity (Wildman–Crippen MR) is 63.5 cm³/mol. The van der Waals surface area contributed by atoms with Gasteiger partial charge in [0.05, 0.1) is 26.1 Å². The molecule has 2 unspecified atom stereocenters. The van der Waals surface area contributed by atoms with E-state index in [1.54, 1.807) is 0 Å². The van der Waals surface area contributed by atoms with Gasteiger partial charge in [0.1, 0.15) is 0 Å². The third-order valence-electron chi connectivity index (χ3n) is 7.45. The molecule has 0 aromatic heterocycles. The minimum Gasteiger partial charge on any atom is -0.469 e. The average molecular weight is 262 g/mol. The highest BCUT2D eigenvalue weighted by molar-refractivity contribution is 5.84. The van der Waals surface area contributed by atoms with Crippen molar-refractivity contribution >= 4 is 11.9 Å². The van der Waals surface area contributed by atoms with Gasteiger partial charge in [-0.2, -0.15) is 0 Å². The lowest BCUT2D eigenvalue weighted by atomic mass is 9.58. The van der Waals surface area contributed by atoms with Gasteiger partial charge in [0.15, 0.2) is 0 Å². The molecule has 6 aliphatic rings. The van der Waals surface area contributed by atoms with Gasteiger partial charge in [0.2, 0.25) is 0 Å². The summed E-state index contributed by atoms with van der Waals surface area (Å²) in [6.07, 6.45) is 0. The molecule has 0 heterocycles. The number of hydrogen-bond donors (Lipinski definition) is 0. The second-order valence-electron chi connectivity index (χ2n) is 7.35. The maximum atomic E-state index is 12.2. The van der Waals surface area contributed by atoms with Crippen LogP contribution in [0.1, 0.15) is 6.92 Å². The van der Waals surface area contributed by atoms with Crippen LogP contribution >= 0.6 is 0 Å². The molecule has 4 nitrogen and oxygen atoms in total. The van der Waals surface area contributed by atoms with E-state index in [9.17, 15) is 9.59 Å². The standard InChI is InChI=1S/C15H18O4/c1-15-10-4-5(10)7-9(14(17)19-3)8(13(16)18-2)6(4)11(15)12(7)15/h4-12H,1-3H3/t4-,5+,6-,7-,8+,9-,10?,11+,12-,15?/m0/s1. The second-order valence-corrected chi connectivity index (χ2v) is 7.35. The summed E-state index contributed by atoms with van der Waals surface area (Å²) in [4.78, 5) is 24.4. The summed E-state index contributed by atoms with van der Waals surface area (Å²) in [5.41, 5.74) is 0.444. The van der Waals surface area contributed by atoms with Gasteiger partial charge in [0.25, 0.3) is 0 Å². The number of fused-ring (bicyclic) bond motifs is 1. The highest BCUT2D eigenvalue weighted by Crippen LogP contribution is 2.98. The van der Waals surface area contributed by atoms with Crippen molar-refractivity contribution in [2.24, 2.45) is 58.7 Å². The van der Waals surface area contributed by atoms with Crippen molar-refractivity contribution in [3.05, 3.63) is 0 Å². The number of methoxy groups -OCH3 is 2. The molecule has 0 aromatic rings. The lowest BCUT2D eigenvalue weighted by Crippen LogP contribution is -2.51. The molecule has 102 valence electrons. The Morgan fingerprint density at radius 3 is 1.47 bits per heavy atom. The maximum absolute atomic E-state index is 12.2. The summed E-state index contributed by atoms with van der Waals surface area (Å²) in [7, 11) is 2.87. The van der Waals surface area contributed by atoms with Crippen molar-refractivity contribution in [3.8, 4) is 0 Å². The second kappa shape index (κ2) is 2.70. The minimum atomic E-state index is -0.237. The van der Waals surface area contributed by atoms with E-state index >= 15 is 0 Å². The fraction of sp³-hybridized carbons (Fsp3) is 0.867. The first-order valence-corrected chi connectivity index (χ1v) is 7.24. The Labute approximate surface area is 111 Å². The van der Waals surface area contributed by atoms with Gasteiger partial charge in [-0.25, -0.2) is 0 Å². The number of ether oxygens (including phenoxy) is 2. The maximum Gasteiger partial charge on any atom is 0.309 e. The van der Waals surface area contributed by atoms with Crippen LogP contribution in [-0.4, -0.2) is 26.2 Å². The van der Waals surface area contributed by atoms with Crippen LogP contribution in [0.15, 0.2) is 0 Å². The van der Waals surface area contributed by atoms with Crippen LogP contribution < -0.4 is 0 Å². The van der Waals surface area contributed by atoms with E-state index in [2.05, 4.69) is 6.92 Å². The molecule has 0 radical (unpaired) electrons. The zero-order chi connectivity index (χ0) is 13.3. The summed E-state index contributed by atoms with van der Waals surface area (Å²) in [6.45, 7) is 2.38. The highest BCUT2D eigenvalue weighted by atomic mass is 16.5. The third-order valence-corrected chi connectivity index (χ3v) is 7.45. The summed E-state index contributed by atoms with van der Waals surface area (Å²) < 4.78 is 9.99. The summed E-state index contributed by atoms with van der Waals surface area (Å²) >= 11 is 0. The van der Waals surface area contributed by atoms with Gasteiger partial charge in [-0.05, 0) is 46.8 Å². The van der Waals surface area contributed by atoms with E-state index in [4.69, 9.17) is 9.47 Å². The molecule has 0 saturated heterocycles. The first-order chi connectivity index (χ1) is 9.08. The van der Waals surface area contributed by atoms with E-state index in [1.165, 1.54) is 14.2 Å². The Bertz CT molecular complexity index is 484. The Morgan fingerprint density at radius 1 is 0.789 bits per heavy atom. The van der Waals surface area contributed by atoms with E-state index in [0.717, 1.165) is 5.92 Å². The molecule has 0 amide bonds. The molecule has 19 heavy (non-hydrogen) atoms. The molecule has 2 bridgehead atoms. The molecule has 0 spiro atoms. The van der Waals surface area contributed by atoms with Crippen LogP contribution in [0, 0.1) is 58.7 Å². The number of hydrogen-bond acceptors (Lipinski definition) is 4. The molecular formula is C15H18O4. The van der Waals surface area contributed by atoms with Crippen molar-refractivity contribution in [1.82, 2.24) is 0 Å². The predicted octanol–water partition coefficient (Wildman–Crippen LogP) is 0.952. The van der Waals surface area contributed by atoms with Crippen LogP contribution in [0.2, 0.25) is 0 Å². The molecule has 10 atom stereocenters. The van der Waals surface area contributed by atoms with Crippen molar-refractivity contribution in [2.45, 2.75) is 6.92 Å². The largest absolute Gasteiger partial charge is 0.469 e. The van der Waals surface area contributed by atoms with E-state index in [-0.39, 0.29) is 23.8 Å². The van der Waals surface area contributed by atoms with E-state index < -0.39 is 0 Å². The smallest absolute Gasteiger partial charge is 0.309 e. The molecule has 6 saturated carbocycles. The van der Waals surface area contributed by atoms with Gasteiger partial charge < -0.3 is 9.47 Å². The Kier molecular flexibility index (Phi) is 1.52. The number of carbonyl (C=O) groups excluding carboxylic acids is 2. The highest BCUT2D eigenvalue weighted by Gasteiger charge is 2.97. The van der Waals surface area contributed by atoms with Crippen molar-refractivity contribution < 1.29 is 19.1 Å². The van der Waals surface area contributed by atoms with Gasteiger partial charge >= 0.3 is 11.9 Å². The van der Waals surface area contributed by atoms with E-state index in [1.807, 2.05) is 0 Å². The SMILES string of the molecule is COC(=O)[C@@H]1[C@H](C(=O)OC)[C@@H]2[C@H]3C4[C@H]3[C@@H]1[C@H]1[C@@H]2C41C. The monoisotopic (exact) mass is 262 g/mol. The average Bonchev–Trinajstić information content (AvgIpc) is 3.26. The van der Waals surface area contributed by atoms with Crippen LogP contribution in [0.3, 0.4) is 0 Å². The Balaban J connectivity index is 1.62. The molecule has 0 N–H and O–H groups in total. The minimum absolute atomic E-state index is 0.191. The molecule has 4 heteroatoms. The number of esters is 2. The van der Waals surface area contributed by atoms with Crippen LogP contribution in [0.4, 0.5) is 0 Å². The molecule has 0 aromatic carbocycles. The molecule has 6 aliphatic carbocycles. The first kappa shape index (κ1) is 10.7. The topological polar surface area (TPSA) is 52.6 Å². The van der Waals surface area contributed by atoms with Crippen molar-refractivity contribution in [3.63, 3.8) is 0 Å². The van der Waals surface area contributed by atoms with Gasteiger partial charge in [-0.3, -0.25) is 9.59 Å². The first-order valence-electron chi connectivity index (χ1n) is 7.24. The lowest BCUT2D eigenvalue weighted by molar-refractivity contribution is -0.171. The van der Waals surface area contributed by atoms with Crippen LogP contribution in [0.25, 0.3) is 0 Å². The number of rotatable bonds is 2. The van der Waals surface area contributed by atoms with Crippen molar-refractivity contribution in [2.75, 3.05) is 14.2 Å². The van der Waals surface area contributed by atoms with Crippen LogP contribution in [0.5, 0.6) is 0 Å². The Morgan fingerprint density at radius 2 is 1.21 bits per heavy atom. The van der Waals surface area contributed by atoms with Gasteiger partial charge in [0, 0.05) is 0 Å².